The highest BCUT2D eigenvalue weighted by Gasteiger charge is 2.21. The average Bonchev–Trinajstić information content (AvgIpc) is 2.36. The van der Waals surface area contributed by atoms with Gasteiger partial charge in [-0.2, -0.15) is 0 Å². The normalized spacial score (nSPS) is 17.4. The summed E-state index contributed by atoms with van der Waals surface area (Å²) >= 11 is 0. The van der Waals surface area contributed by atoms with Gasteiger partial charge in [0.1, 0.15) is 11.6 Å². The smallest absolute Gasteiger partial charge is 0.254 e. The summed E-state index contributed by atoms with van der Waals surface area (Å²) in [5.41, 5.74) is 4.91. The number of nitrogen functional groups attached to an aromatic ring is 1. The van der Waals surface area contributed by atoms with E-state index in [1.165, 1.54) is 0 Å². The highest BCUT2D eigenvalue weighted by atomic mass is 19.1. The first-order chi connectivity index (χ1) is 8.97. The van der Waals surface area contributed by atoms with Gasteiger partial charge >= 0.3 is 0 Å². The van der Waals surface area contributed by atoms with E-state index in [-0.39, 0.29) is 17.3 Å². The topological polar surface area (TPSA) is 58.4 Å². The van der Waals surface area contributed by atoms with Crippen LogP contribution in [0.4, 0.5) is 14.5 Å². The van der Waals surface area contributed by atoms with E-state index in [4.69, 9.17) is 5.73 Å². The Balaban J connectivity index is 2.06. The Morgan fingerprint density at radius 3 is 2.58 bits per heavy atom. The van der Waals surface area contributed by atoms with Crippen LogP contribution in [-0.4, -0.2) is 37.0 Å². The molecule has 0 spiro atoms. The van der Waals surface area contributed by atoms with Crippen molar-refractivity contribution in [1.82, 2.24) is 10.2 Å². The van der Waals surface area contributed by atoms with Crippen LogP contribution in [0.3, 0.4) is 0 Å². The maximum absolute atomic E-state index is 13.5. The number of nitrogens with zero attached hydrogens (tertiary/aromatic N) is 1. The lowest BCUT2D eigenvalue weighted by Gasteiger charge is -2.29. The number of piperidine rings is 1. The lowest BCUT2D eigenvalue weighted by Crippen LogP contribution is -2.43. The molecule has 0 saturated carbocycles. The van der Waals surface area contributed by atoms with Gasteiger partial charge in [0.2, 0.25) is 0 Å². The number of benzene rings is 1. The quantitative estimate of drug-likeness (QED) is 0.797. The van der Waals surface area contributed by atoms with Gasteiger partial charge in [0.05, 0.1) is 11.3 Å². The lowest BCUT2D eigenvalue weighted by atomic mass is 10.0. The maximum atomic E-state index is 13.5. The van der Waals surface area contributed by atoms with Crippen molar-refractivity contribution >= 4 is 11.6 Å². The third-order valence-corrected chi connectivity index (χ3v) is 3.38. The molecule has 19 heavy (non-hydrogen) atoms. The Labute approximate surface area is 110 Å². The van der Waals surface area contributed by atoms with Crippen molar-refractivity contribution in [3.8, 4) is 0 Å². The lowest BCUT2D eigenvalue weighted by molar-refractivity contribution is 0.0913. The van der Waals surface area contributed by atoms with Crippen molar-refractivity contribution in [3.05, 3.63) is 29.3 Å². The van der Waals surface area contributed by atoms with E-state index >= 15 is 0 Å². The number of hydrogen-bond donors (Lipinski definition) is 2. The molecule has 1 fully saturated rings. The zero-order valence-corrected chi connectivity index (χ0v) is 10.7. The molecule has 0 unspecified atom stereocenters. The molecular weight excluding hydrogens is 252 g/mol. The van der Waals surface area contributed by atoms with E-state index in [0.29, 0.717) is 6.07 Å². The molecule has 1 heterocycles. The predicted molar refractivity (Wildman–Crippen MR) is 68.8 cm³/mol. The number of amides is 1. The van der Waals surface area contributed by atoms with Crippen molar-refractivity contribution in [3.63, 3.8) is 0 Å². The van der Waals surface area contributed by atoms with Gasteiger partial charge in [-0.1, -0.05) is 0 Å². The third kappa shape index (κ3) is 3.20. The molecule has 3 N–H and O–H groups in total. The van der Waals surface area contributed by atoms with Crippen LogP contribution in [0.25, 0.3) is 0 Å². The van der Waals surface area contributed by atoms with Crippen LogP contribution in [0.1, 0.15) is 23.2 Å². The molecule has 2 rings (SSSR count). The number of carbonyl (C=O) groups is 1. The summed E-state index contributed by atoms with van der Waals surface area (Å²) in [6.07, 6.45) is 1.64. The largest absolute Gasteiger partial charge is 0.396 e. The molecule has 0 bridgehead atoms. The summed E-state index contributed by atoms with van der Waals surface area (Å²) in [6.45, 7) is 1.78. The van der Waals surface area contributed by atoms with Gasteiger partial charge in [0.25, 0.3) is 5.91 Å². The highest BCUT2D eigenvalue weighted by Crippen LogP contribution is 2.17. The molecule has 1 amide bonds. The van der Waals surface area contributed by atoms with Gasteiger partial charge in [-0.15, -0.1) is 0 Å². The Bertz CT molecular complexity index is 485. The summed E-state index contributed by atoms with van der Waals surface area (Å²) in [7, 11) is 2.01. The highest BCUT2D eigenvalue weighted by molar-refractivity contribution is 5.95. The Hall–Kier alpha value is -1.69. The first kappa shape index (κ1) is 13.7. The molecular formula is C13H17F2N3O. The number of nitrogens with one attached hydrogen (secondary N) is 1. The number of carbonyl (C=O) groups excluding carboxylic acids is 1. The zero-order valence-electron chi connectivity index (χ0n) is 10.7. The van der Waals surface area contributed by atoms with Crippen LogP contribution in [-0.2, 0) is 0 Å². The Morgan fingerprint density at radius 1 is 1.32 bits per heavy atom. The van der Waals surface area contributed by atoms with E-state index in [1.807, 2.05) is 7.05 Å². The van der Waals surface area contributed by atoms with Crippen molar-refractivity contribution in [1.29, 1.82) is 0 Å². The molecule has 1 aliphatic heterocycles. The second kappa shape index (κ2) is 5.52. The molecule has 0 radical (unpaired) electrons. The minimum atomic E-state index is -0.892. The van der Waals surface area contributed by atoms with Crippen LogP contribution in [0.2, 0.25) is 0 Å². The predicted octanol–water partition coefficient (Wildman–Crippen LogP) is 1.37. The fraction of sp³-hybridized carbons (Fsp3) is 0.462. The van der Waals surface area contributed by atoms with Crippen LogP contribution < -0.4 is 11.1 Å². The second-order valence-electron chi connectivity index (χ2n) is 4.90. The summed E-state index contributed by atoms with van der Waals surface area (Å²) in [5, 5.41) is 2.76. The van der Waals surface area contributed by atoms with E-state index in [1.54, 1.807) is 0 Å². The van der Waals surface area contributed by atoms with Crippen LogP contribution in [0.5, 0.6) is 0 Å². The van der Waals surface area contributed by atoms with Gasteiger partial charge in [0.15, 0.2) is 0 Å². The van der Waals surface area contributed by atoms with E-state index in [2.05, 4.69) is 10.2 Å². The molecule has 1 aliphatic rings. The number of likely N-dealkylation sites (tertiary alicyclic amines) is 1. The molecule has 1 aromatic carbocycles. The molecule has 0 aliphatic carbocycles. The number of nitrogens with two attached hydrogens (primary N) is 1. The van der Waals surface area contributed by atoms with Crippen molar-refractivity contribution in [2.24, 2.45) is 0 Å². The molecule has 1 aromatic rings. The molecule has 1 saturated heterocycles. The molecule has 6 heteroatoms. The van der Waals surface area contributed by atoms with E-state index < -0.39 is 17.5 Å². The summed E-state index contributed by atoms with van der Waals surface area (Å²) in [5.74, 6) is -2.29. The third-order valence-electron chi connectivity index (χ3n) is 3.38. The Morgan fingerprint density at radius 2 is 1.95 bits per heavy atom. The molecule has 0 atom stereocenters. The first-order valence-corrected chi connectivity index (χ1v) is 6.21. The van der Waals surface area contributed by atoms with Crippen molar-refractivity contribution in [2.45, 2.75) is 18.9 Å². The monoisotopic (exact) mass is 269 g/mol. The van der Waals surface area contributed by atoms with Gasteiger partial charge in [-0.25, -0.2) is 8.78 Å². The van der Waals surface area contributed by atoms with Gasteiger partial charge < -0.3 is 16.0 Å². The van der Waals surface area contributed by atoms with Gasteiger partial charge in [-0.05, 0) is 39.0 Å². The van der Waals surface area contributed by atoms with E-state index in [9.17, 15) is 13.6 Å². The summed E-state index contributed by atoms with van der Waals surface area (Å²) in [6, 6.07) is 1.70. The number of anilines is 1. The fourth-order valence-electron chi connectivity index (χ4n) is 2.16. The van der Waals surface area contributed by atoms with E-state index in [0.717, 1.165) is 32.0 Å². The average molecular weight is 269 g/mol. The summed E-state index contributed by atoms with van der Waals surface area (Å²) < 4.78 is 26.6. The fourth-order valence-corrected chi connectivity index (χ4v) is 2.16. The molecule has 0 aromatic heterocycles. The first-order valence-electron chi connectivity index (χ1n) is 6.21. The minimum absolute atomic E-state index is 0.0226. The van der Waals surface area contributed by atoms with Crippen molar-refractivity contribution < 1.29 is 13.6 Å². The summed E-state index contributed by atoms with van der Waals surface area (Å²) in [4.78, 5) is 14.1. The number of halogens is 2. The zero-order chi connectivity index (χ0) is 14.0. The molecule has 4 nitrogen and oxygen atoms in total. The minimum Gasteiger partial charge on any atom is -0.396 e. The number of rotatable bonds is 2. The SMILES string of the molecule is CN1CCC(NC(=O)c2cc(N)c(F)cc2F)CC1. The maximum Gasteiger partial charge on any atom is 0.254 e. The molecule has 104 valence electrons. The van der Waals surface area contributed by atoms with Crippen LogP contribution in [0, 0.1) is 11.6 Å². The van der Waals surface area contributed by atoms with Crippen LogP contribution in [0.15, 0.2) is 12.1 Å². The standard InChI is InChI=1S/C13H17F2N3O/c1-18-4-2-8(3-5-18)17-13(19)9-6-12(16)11(15)7-10(9)14/h6-8H,2-5,16H2,1H3,(H,17,19). The second-order valence-corrected chi connectivity index (χ2v) is 4.90. The Kier molecular flexibility index (Phi) is 3.99. The van der Waals surface area contributed by atoms with Gasteiger partial charge in [-0.3, -0.25) is 4.79 Å². The van der Waals surface area contributed by atoms with Crippen LogP contribution >= 0.6 is 0 Å². The van der Waals surface area contributed by atoms with Gasteiger partial charge in [0, 0.05) is 12.1 Å². The number of hydrogen-bond acceptors (Lipinski definition) is 3. The van der Waals surface area contributed by atoms with Crippen molar-refractivity contribution in [2.75, 3.05) is 25.9 Å².